The number of fused-ring (bicyclic) bond motifs is 9. The molecule has 0 amide bonds. The lowest BCUT2D eigenvalue weighted by molar-refractivity contribution is 0.768. The minimum Gasteiger partial charge on any atom is -0.310 e. The van der Waals surface area contributed by atoms with E-state index in [0.717, 1.165) is 17.1 Å². The van der Waals surface area contributed by atoms with E-state index in [9.17, 15) is 0 Å². The van der Waals surface area contributed by atoms with Gasteiger partial charge in [-0.25, -0.2) is 0 Å². The molecule has 0 fully saturated rings. The minimum absolute atomic E-state index is 0.466. The van der Waals surface area contributed by atoms with Crippen molar-refractivity contribution in [2.75, 3.05) is 4.90 Å². The van der Waals surface area contributed by atoms with Crippen LogP contribution in [0.3, 0.4) is 0 Å². The van der Waals surface area contributed by atoms with E-state index in [1.165, 1.54) is 98.7 Å². The van der Waals surface area contributed by atoms with Crippen LogP contribution in [0, 0.1) is 0 Å². The molecule has 66 heavy (non-hydrogen) atoms. The predicted octanol–water partition coefficient (Wildman–Crippen LogP) is 17.5. The van der Waals surface area contributed by atoms with Crippen molar-refractivity contribution in [1.82, 2.24) is 0 Å². The number of hydrogen-bond donors (Lipinski definition) is 0. The average molecular weight is 838 g/mol. The molecular weight excluding hydrogens is 795 g/mol. The molecule has 308 valence electrons. The van der Waals surface area contributed by atoms with Crippen molar-refractivity contribution in [2.24, 2.45) is 0 Å². The SMILES string of the molecule is c1ccc(C2(c3ccccc3)c3ccccc3-c3cc(N(c4ccc(-c5cc6ccccc6c6ccccc56)cc4)c4ccc(-c5cc6ccccc6c6ccccc56)cc4)ccc32)cc1. The Morgan fingerprint density at radius 3 is 1.15 bits per heavy atom. The van der Waals surface area contributed by atoms with Crippen LogP contribution in [0.4, 0.5) is 17.1 Å². The highest BCUT2D eigenvalue weighted by atomic mass is 15.1. The van der Waals surface area contributed by atoms with Gasteiger partial charge in [-0.05, 0) is 147 Å². The van der Waals surface area contributed by atoms with Crippen LogP contribution in [-0.4, -0.2) is 0 Å². The molecule has 1 nitrogen and oxygen atoms in total. The molecule has 1 aliphatic carbocycles. The summed E-state index contributed by atoms with van der Waals surface area (Å²) >= 11 is 0. The Labute approximate surface area is 385 Å². The standard InChI is InChI=1S/C65H43N/c1-3-19-48(20-4-1)65(49-21-5-2-6-22-49)63-30-16-15-29-59(63)62-43-52(39-40-64(62)65)66(50-35-31-44(32-36-50)60-41-46-17-7-9-23-53(46)55-25-11-13-27-57(55)60)51-37-33-45(34-38-51)61-42-47-18-8-10-24-54(47)56-26-12-14-28-58(56)61/h1-43H. The fourth-order valence-corrected chi connectivity index (χ4v) is 11.2. The van der Waals surface area contributed by atoms with Gasteiger partial charge >= 0.3 is 0 Å². The lowest BCUT2D eigenvalue weighted by Gasteiger charge is -2.34. The maximum atomic E-state index is 2.43. The van der Waals surface area contributed by atoms with Crippen LogP contribution >= 0.6 is 0 Å². The zero-order chi connectivity index (χ0) is 43.6. The summed E-state index contributed by atoms with van der Waals surface area (Å²) in [4.78, 5) is 2.43. The Kier molecular flexibility index (Phi) is 8.82. The highest BCUT2D eigenvalue weighted by Crippen LogP contribution is 2.57. The molecule has 12 aromatic rings. The molecule has 0 radical (unpaired) electrons. The molecule has 13 rings (SSSR count). The van der Waals surface area contributed by atoms with Gasteiger partial charge in [-0.3, -0.25) is 0 Å². The highest BCUT2D eigenvalue weighted by Gasteiger charge is 2.46. The van der Waals surface area contributed by atoms with E-state index < -0.39 is 5.41 Å². The van der Waals surface area contributed by atoms with Gasteiger partial charge in [0.05, 0.1) is 5.41 Å². The van der Waals surface area contributed by atoms with E-state index in [4.69, 9.17) is 0 Å². The topological polar surface area (TPSA) is 3.24 Å². The number of rotatable bonds is 7. The molecule has 12 aromatic carbocycles. The van der Waals surface area contributed by atoms with Crippen molar-refractivity contribution in [2.45, 2.75) is 5.41 Å². The van der Waals surface area contributed by atoms with Crippen molar-refractivity contribution in [3.8, 4) is 33.4 Å². The second-order valence-corrected chi connectivity index (χ2v) is 17.6. The number of hydrogen-bond acceptors (Lipinski definition) is 1. The summed E-state index contributed by atoms with van der Waals surface area (Å²) in [6, 6.07) is 96.4. The van der Waals surface area contributed by atoms with Gasteiger partial charge in [-0.2, -0.15) is 0 Å². The van der Waals surface area contributed by atoms with Crippen LogP contribution in [0.2, 0.25) is 0 Å². The van der Waals surface area contributed by atoms with Gasteiger partial charge in [0.1, 0.15) is 0 Å². The van der Waals surface area contributed by atoms with Crippen molar-refractivity contribution in [3.63, 3.8) is 0 Å². The summed E-state index contributed by atoms with van der Waals surface area (Å²) < 4.78 is 0. The van der Waals surface area contributed by atoms with E-state index in [1.807, 2.05) is 0 Å². The Morgan fingerprint density at radius 2 is 0.636 bits per heavy atom. The molecule has 0 saturated heterocycles. The predicted molar refractivity (Wildman–Crippen MR) is 279 cm³/mol. The second-order valence-electron chi connectivity index (χ2n) is 17.6. The zero-order valence-corrected chi connectivity index (χ0v) is 36.3. The third-order valence-electron chi connectivity index (χ3n) is 14.1. The molecule has 0 atom stereocenters. The molecule has 0 aromatic heterocycles. The smallest absolute Gasteiger partial charge is 0.0713 e. The average Bonchev–Trinajstić information content (AvgIpc) is 3.69. The van der Waals surface area contributed by atoms with Crippen molar-refractivity contribution in [3.05, 3.63) is 283 Å². The highest BCUT2D eigenvalue weighted by molar-refractivity contribution is 6.15. The fraction of sp³-hybridized carbons (Fsp3) is 0.0154. The third-order valence-corrected chi connectivity index (χ3v) is 14.1. The summed E-state index contributed by atoms with van der Waals surface area (Å²) in [5.74, 6) is 0. The third kappa shape index (κ3) is 5.87. The lowest BCUT2D eigenvalue weighted by atomic mass is 9.68. The van der Waals surface area contributed by atoms with E-state index in [-0.39, 0.29) is 0 Å². The second kappa shape index (κ2) is 15.3. The van der Waals surface area contributed by atoms with Gasteiger partial charge in [0, 0.05) is 17.1 Å². The quantitative estimate of drug-likeness (QED) is 0.145. The zero-order valence-electron chi connectivity index (χ0n) is 36.3. The van der Waals surface area contributed by atoms with Gasteiger partial charge in [0.25, 0.3) is 0 Å². The van der Waals surface area contributed by atoms with Crippen LogP contribution in [0.25, 0.3) is 76.5 Å². The Hall–Kier alpha value is -8.52. The van der Waals surface area contributed by atoms with Crippen molar-refractivity contribution < 1.29 is 0 Å². The first-order valence-corrected chi connectivity index (χ1v) is 22.9. The van der Waals surface area contributed by atoms with Crippen LogP contribution in [0.1, 0.15) is 22.3 Å². The molecule has 0 spiro atoms. The maximum Gasteiger partial charge on any atom is 0.0713 e. The molecule has 0 heterocycles. The van der Waals surface area contributed by atoms with E-state index in [0.29, 0.717) is 0 Å². The summed E-state index contributed by atoms with van der Waals surface area (Å²) in [7, 11) is 0. The Morgan fingerprint density at radius 1 is 0.242 bits per heavy atom. The molecule has 1 aliphatic rings. The first-order valence-electron chi connectivity index (χ1n) is 22.9. The number of benzene rings is 12. The fourth-order valence-electron chi connectivity index (χ4n) is 11.2. The Bertz CT molecular complexity index is 3590. The van der Waals surface area contributed by atoms with Crippen LogP contribution in [-0.2, 0) is 5.41 Å². The van der Waals surface area contributed by atoms with Gasteiger partial charge in [0.15, 0.2) is 0 Å². The normalized spacial score (nSPS) is 12.7. The van der Waals surface area contributed by atoms with Crippen LogP contribution < -0.4 is 4.90 Å². The molecule has 0 unspecified atom stereocenters. The minimum atomic E-state index is -0.466. The van der Waals surface area contributed by atoms with Gasteiger partial charge in [0.2, 0.25) is 0 Å². The van der Waals surface area contributed by atoms with Crippen LogP contribution in [0.15, 0.2) is 261 Å². The van der Waals surface area contributed by atoms with Gasteiger partial charge in [-0.1, -0.05) is 212 Å². The number of nitrogens with zero attached hydrogens (tertiary/aromatic N) is 1. The summed E-state index contributed by atoms with van der Waals surface area (Å²) in [6.45, 7) is 0. The maximum absolute atomic E-state index is 2.43. The summed E-state index contributed by atoms with van der Waals surface area (Å²) in [5, 5.41) is 10.1. The van der Waals surface area contributed by atoms with Crippen molar-refractivity contribution in [1.29, 1.82) is 0 Å². The van der Waals surface area contributed by atoms with Gasteiger partial charge < -0.3 is 4.90 Å². The van der Waals surface area contributed by atoms with Gasteiger partial charge in [-0.15, -0.1) is 0 Å². The first kappa shape index (κ1) is 38.0. The van der Waals surface area contributed by atoms with E-state index in [2.05, 4.69) is 266 Å². The molecule has 0 saturated carbocycles. The number of anilines is 3. The van der Waals surface area contributed by atoms with E-state index in [1.54, 1.807) is 0 Å². The molecule has 0 aliphatic heterocycles. The molecule has 1 heteroatoms. The Balaban J connectivity index is 0.993. The lowest BCUT2D eigenvalue weighted by Crippen LogP contribution is -2.28. The monoisotopic (exact) mass is 837 g/mol. The van der Waals surface area contributed by atoms with E-state index >= 15 is 0 Å². The molecular formula is C65H43N. The van der Waals surface area contributed by atoms with Crippen molar-refractivity contribution >= 4 is 60.2 Å². The molecule has 0 N–H and O–H groups in total. The first-order chi connectivity index (χ1) is 32.7. The summed E-state index contributed by atoms with van der Waals surface area (Å²) in [5.41, 5.74) is 15.3. The largest absolute Gasteiger partial charge is 0.310 e. The molecule has 0 bridgehead atoms. The van der Waals surface area contributed by atoms with Crippen LogP contribution in [0.5, 0.6) is 0 Å². The summed E-state index contributed by atoms with van der Waals surface area (Å²) in [6.07, 6.45) is 0.